The monoisotopic (exact) mass is 416 g/mol. The van der Waals surface area contributed by atoms with Crippen LogP contribution < -0.4 is 15.4 Å². The maximum atomic E-state index is 12.8. The summed E-state index contributed by atoms with van der Waals surface area (Å²) in [5.74, 6) is 0.426. The number of carbonyl (C=O) groups is 2. The Balaban J connectivity index is 1.69. The molecule has 5 heteroatoms. The van der Waals surface area contributed by atoms with Crippen molar-refractivity contribution in [2.24, 2.45) is 0 Å². The van der Waals surface area contributed by atoms with E-state index in [4.69, 9.17) is 4.74 Å². The Morgan fingerprint density at radius 1 is 0.839 bits per heavy atom. The summed E-state index contributed by atoms with van der Waals surface area (Å²) < 4.78 is 5.55. The van der Waals surface area contributed by atoms with Crippen LogP contribution in [0.5, 0.6) is 5.75 Å². The first-order valence-corrected chi connectivity index (χ1v) is 10.5. The highest BCUT2D eigenvalue weighted by molar-refractivity contribution is 5.94. The van der Waals surface area contributed by atoms with Gasteiger partial charge in [0.05, 0.1) is 25.1 Å². The number of ether oxygens (including phenoxy) is 1. The van der Waals surface area contributed by atoms with Crippen molar-refractivity contribution in [3.8, 4) is 5.75 Å². The highest BCUT2D eigenvalue weighted by atomic mass is 16.5. The molecule has 2 atom stereocenters. The Bertz CT molecular complexity index is 990. The molecule has 0 saturated heterocycles. The average molecular weight is 417 g/mol. The predicted molar refractivity (Wildman–Crippen MR) is 122 cm³/mol. The Morgan fingerprint density at radius 2 is 1.48 bits per heavy atom. The van der Waals surface area contributed by atoms with Crippen molar-refractivity contribution in [3.63, 3.8) is 0 Å². The quantitative estimate of drug-likeness (QED) is 0.525. The average Bonchev–Trinajstić information content (AvgIpc) is 2.80. The number of benzene rings is 3. The smallest absolute Gasteiger partial charge is 0.251 e. The second-order valence-electron chi connectivity index (χ2n) is 7.30. The molecule has 0 aromatic heterocycles. The molecule has 5 nitrogen and oxygen atoms in total. The zero-order valence-electron chi connectivity index (χ0n) is 17.9. The highest BCUT2D eigenvalue weighted by Crippen LogP contribution is 2.21. The largest absolute Gasteiger partial charge is 0.494 e. The van der Waals surface area contributed by atoms with Crippen LogP contribution >= 0.6 is 0 Å². The number of rotatable bonds is 9. The van der Waals surface area contributed by atoms with Crippen LogP contribution in [0, 0.1) is 0 Å². The van der Waals surface area contributed by atoms with Crippen molar-refractivity contribution in [2.45, 2.75) is 32.4 Å². The topological polar surface area (TPSA) is 67.4 Å². The van der Waals surface area contributed by atoms with E-state index in [1.807, 2.05) is 86.6 Å². The van der Waals surface area contributed by atoms with Gasteiger partial charge in [-0.05, 0) is 49.2 Å². The molecule has 0 spiro atoms. The molecule has 0 radical (unpaired) electrons. The van der Waals surface area contributed by atoms with Crippen molar-refractivity contribution in [1.29, 1.82) is 0 Å². The Labute approximate surface area is 183 Å². The van der Waals surface area contributed by atoms with Gasteiger partial charge >= 0.3 is 0 Å². The van der Waals surface area contributed by atoms with Crippen molar-refractivity contribution >= 4 is 11.8 Å². The first kappa shape index (κ1) is 22.1. The molecule has 0 unspecified atom stereocenters. The van der Waals surface area contributed by atoms with Crippen LogP contribution in [-0.2, 0) is 4.79 Å². The molecule has 3 aromatic rings. The number of nitrogens with one attached hydrogen (secondary N) is 2. The number of hydrogen-bond donors (Lipinski definition) is 2. The molecule has 3 rings (SSSR count). The van der Waals surface area contributed by atoms with Gasteiger partial charge in [0.1, 0.15) is 5.75 Å². The predicted octanol–water partition coefficient (Wildman–Crippen LogP) is 4.82. The van der Waals surface area contributed by atoms with E-state index >= 15 is 0 Å². The zero-order valence-corrected chi connectivity index (χ0v) is 17.9. The lowest BCUT2D eigenvalue weighted by Gasteiger charge is -2.21. The molecule has 0 bridgehead atoms. The summed E-state index contributed by atoms with van der Waals surface area (Å²) in [7, 11) is 0. The molecule has 0 aliphatic carbocycles. The van der Waals surface area contributed by atoms with E-state index in [0.29, 0.717) is 12.2 Å². The molecule has 160 valence electrons. The van der Waals surface area contributed by atoms with Gasteiger partial charge in [-0.1, -0.05) is 60.7 Å². The standard InChI is InChI=1S/C26H28N2O3/c1-3-31-23-16-10-15-22(17-23)19(2)27-25(29)18-24(20-11-6-4-7-12-20)28-26(30)21-13-8-5-9-14-21/h4-17,19,24H,3,18H2,1-2H3,(H,27,29)(H,28,30)/t19-,24-/m1/s1. The summed E-state index contributed by atoms with van der Waals surface area (Å²) >= 11 is 0. The van der Waals surface area contributed by atoms with Crippen LogP contribution in [0.4, 0.5) is 0 Å². The molecule has 0 aliphatic rings. The number of amides is 2. The van der Waals surface area contributed by atoms with Gasteiger partial charge < -0.3 is 15.4 Å². The lowest BCUT2D eigenvalue weighted by Crippen LogP contribution is -2.34. The lowest BCUT2D eigenvalue weighted by atomic mass is 10.0. The minimum atomic E-state index is -0.434. The lowest BCUT2D eigenvalue weighted by molar-refractivity contribution is -0.122. The van der Waals surface area contributed by atoms with E-state index in [1.54, 1.807) is 12.1 Å². The fourth-order valence-electron chi connectivity index (χ4n) is 3.38. The Hall–Kier alpha value is -3.60. The fourth-order valence-corrected chi connectivity index (χ4v) is 3.38. The summed E-state index contributed by atoms with van der Waals surface area (Å²) in [5, 5.41) is 6.03. The van der Waals surface area contributed by atoms with E-state index in [2.05, 4.69) is 10.6 Å². The summed E-state index contributed by atoms with van der Waals surface area (Å²) in [4.78, 5) is 25.5. The normalized spacial score (nSPS) is 12.5. The third kappa shape index (κ3) is 6.44. The zero-order chi connectivity index (χ0) is 22.1. The molecule has 0 fully saturated rings. The molecule has 0 saturated carbocycles. The van der Waals surface area contributed by atoms with Gasteiger partial charge in [0.2, 0.25) is 5.91 Å². The summed E-state index contributed by atoms with van der Waals surface area (Å²) in [6.45, 7) is 4.46. The number of hydrogen-bond acceptors (Lipinski definition) is 3. The fraction of sp³-hybridized carbons (Fsp3) is 0.231. The van der Waals surface area contributed by atoms with Crippen LogP contribution in [0.2, 0.25) is 0 Å². The molecule has 2 N–H and O–H groups in total. The van der Waals surface area contributed by atoms with Gasteiger partial charge in [-0.15, -0.1) is 0 Å². The van der Waals surface area contributed by atoms with Crippen LogP contribution in [0.15, 0.2) is 84.9 Å². The maximum Gasteiger partial charge on any atom is 0.251 e. The van der Waals surface area contributed by atoms with E-state index < -0.39 is 6.04 Å². The van der Waals surface area contributed by atoms with Crippen molar-refractivity contribution in [3.05, 3.63) is 102 Å². The first-order chi connectivity index (χ1) is 15.1. The van der Waals surface area contributed by atoms with E-state index in [1.165, 1.54) is 0 Å². The maximum absolute atomic E-state index is 12.8. The second-order valence-corrected chi connectivity index (χ2v) is 7.30. The highest BCUT2D eigenvalue weighted by Gasteiger charge is 2.20. The van der Waals surface area contributed by atoms with Crippen LogP contribution in [0.25, 0.3) is 0 Å². The number of carbonyl (C=O) groups excluding carboxylic acids is 2. The molecular weight excluding hydrogens is 388 g/mol. The molecule has 3 aromatic carbocycles. The third-order valence-corrected chi connectivity index (χ3v) is 4.98. The Kier molecular flexibility index (Phi) is 7.82. The van der Waals surface area contributed by atoms with Crippen molar-refractivity contribution in [1.82, 2.24) is 10.6 Å². The summed E-state index contributed by atoms with van der Waals surface area (Å²) in [6.07, 6.45) is 0.137. The van der Waals surface area contributed by atoms with E-state index in [9.17, 15) is 9.59 Å². The van der Waals surface area contributed by atoms with Gasteiger partial charge in [-0.25, -0.2) is 0 Å². The third-order valence-electron chi connectivity index (χ3n) is 4.98. The molecule has 0 heterocycles. The summed E-state index contributed by atoms with van der Waals surface area (Å²) in [6, 6.07) is 25.6. The van der Waals surface area contributed by atoms with E-state index in [-0.39, 0.29) is 24.3 Å². The van der Waals surface area contributed by atoms with Crippen molar-refractivity contribution < 1.29 is 14.3 Å². The molecule has 2 amide bonds. The molecule has 0 aliphatic heterocycles. The Morgan fingerprint density at radius 3 is 2.16 bits per heavy atom. The minimum Gasteiger partial charge on any atom is -0.494 e. The first-order valence-electron chi connectivity index (χ1n) is 10.5. The SMILES string of the molecule is CCOc1cccc([C@@H](C)NC(=O)C[C@@H](NC(=O)c2ccccc2)c2ccccc2)c1. The van der Waals surface area contributed by atoms with E-state index in [0.717, 1.165) is 16.9 Å². The molecule has 31 heavy (non-hydrogen) atoms. The van der Waals surface area contributed by atoms with Gasteiger partial charge in [0.15, 0.2) is 0 Å². The van der Waals surface area contributed by atoms with Crippen LogP contribution in [0.1, 0.15) is 53.8 Å². The minimum absolute atomic E-state index is 0.137. The molecular formula is C26H28N2O3. The van der Waals surface area contributed by atoms with Crippen LogP contribution in [0.3, 0.4) is 0 Å². The van der Waals surface area contributed by atoms with Gasteiger partial charge in [-0.3, -0.25) is 9.59 Å². The van der Waals surface area contributed by atoms with Crippen LogP contribution in [-0.4, -0.2) is 18.4 Å². The van der Waals surface area contributed by atoms with Gasteiger partial charge in [0, 0.05) is 5.56 Å². The summed E-state index contributed by atoms with van der Waals surface area (Å²) in [5.41, 5.74) is 2.40. The van der Waals surface area contributed by atoms with Gasteiger partial charge in [0.25, 0.3) is 5.91 Å². The van der Waals surface area contributed by atoms with Gasteiger partial charge in [-0.2, -0.15) is 0 Å². The second kappa shape index (κ2) is 11.0. The van der Waals surface area contributed by atoms with Crippen molar-refractivity contribution in [2.75, 3.05) is 6.61 Å².